The lowest BCUT2D eigenvalue weighted by Gasteiger charge is -2.11. The van der Waals surface area contributed by atoms with Crippen molar-refractivity contribution in [1.82, 2.24) is 0 Å². The minimum atomic E-state index is -0.378. The third-order valence-corrected chi connectivity index (χ3v) is 3.37. The van der Waals surface area contributed by atoms with Crippen LogP contribution < -0.4 is 0 Å². The van der Waals surface area contributed by atoms with Crippen molar-refractivity contribution in [3.05, 3.63) is 25.3 Å². The maximum absolute atomic E-state index is 11.7. The van der Waals surface area contributed by atoms with Crippen molar-refractivity contribution in [3.8, 4) is 12.3 Å². The van der Waals surface area contributed by atoms with Crippen LogP contribution >= 0.6 is 0 Å². The van der Waals surface area contributed by atoms with E-state index < -0.39 is 0 Å². The van der Waals surface area contributed by atoms with Crippen molar-refractivity contribution in [1.29, 1.82) is 0 Å². The van der Waals surface area contributed by atoms with E-state index in [1.807, 2.05) is 12.2 Å². The lowest BCUT2D eigenvalue weighted by atomic mass is 10.1. The van der Waals surface area contributed by atoms with Crippen LogP contribution in [0.15, 0.2) is 25.3 Å². The average molecular weight is 290 g/mol. The molecule has 0 aromatic rings. The summed E-state index contributed by atoms with van der Waals surface area (Å²) in [5, 5.41) is 0. The van der Waals surface area contributed by atoms with Crippen molar-refractivity contribution in [2.75, 3.05) is 0 Å². The van der Waals surface area contributed by atoms with Gasteiger partial charge < -0.3 is 4.74 Å². The summed E-state index contributed by atoms with van der Waals surface area (Å²) < 4.78 is 5.29. The number of carbonyl (C=O) groups is 1. The summed E-state index contributed by atoms with van der Waals surface area (Å²) in [6.45, 7) is 7.37. The van der Waals surface area contributed by atoms with Gasteiger partial charge in [-0.2, -0.15) is 0 Å². The Morgan fingerprint density at radius 3 is 2.19 bits per heavy atom. The highest BCUT2D eigenvalue weighted by atomic mass is 16.5. The molecule has 0 spiro atoms. The highest BCUT2D eigenvalue weighted by Crippen LogP contribution is 2.11. The topological polar surface area (TPSA) is 26.3 Å². The normalized spacial score (nSPS) is 11.4. The van der Waals surface area contributed by atoms with E-state index in [0.717, 1.165) is 38.5 Å². The summed E-state index contributed by atoms with van der Waals surface area (Å²) in [4.78, 5) is 11.7. The van der Waals surface area contributed by atoms with E-state index in [2.05, 4.69) is 19.1 Å². The molecule has 0 radical (unpaired) electrons. The summed E-state index contributed by atoms with van der Waals surface area (Å²) in [7, 11) is 0. The first kappa shape index (κ1) is 19.5. The van der Waals surface area contributed by atoms with E-state index in [-0.39, 0.29) is 12.1 Å². The largest absolute Gasteiger partial charge is 0.449 e. The van der Waals surface area contributed by atoms with Crippen LogP contribution in [-0.4, -0.2) is 12.1 Å². The lowest BCUT2D eigenvalue weighted by Crippen LogP contribution is -2.16. The van der Waals surface area contributed by atoms with Gasteiger partial charge in [0.2, 0.25) is 0 Å². The van der Waals surface area contributed by atoms with Gasteiger partial charge in [0.1, 0.15) is 0 Å². The maximum Gasteiger partial charge on any atom is 0.307 e. The molecule has 0 aromatic heterocycles. The van der Waals surface area contributed by atoms with Crippen molar-refractivity contribution in [2.45, 2.75) is 76.7 Å². The molecule has 2 heteroatoms. The summed E-state index contributed by atoms with van der Waals surface area (Å²) in [6, 6.07) is 0. The van der Waals surface area contributed by atoms with Crippen LogP contribution in [0.5, 0.6) is 0 Å². The molecule has 0 aliphatic rings. The molecule has 1 unspecified atom stereocenters. The first-order valence-corrected chi connectivity index (χ1v) is 8.12. The molecule has 118 valence electrons. The van der Waals surface area contributed by atoms with Crippen LogP contribution in [0.1, 0.15) is 70.6 Å². The number of hydrogen-bond acceptors (Lipinski definition) is 2. The molecule has 0 aromatic carbocycles. The van der Waals surface area contributed by atoms with Crippen LogP contribution in [0, 0.1) is 12.3 Å². The highest BCUT2D eigenvalue weighted by Gasteiger charge is 2.10. The lowest BCUT2D eigenvalue weighted by molar-refractivity contribution is -0.146. The van der Waals surface area contributed by atoms with Gasteiger partial charge in [0.25, 0.3) is 0 Å². The van der Waals surface area contributed by atoms with Crippen molar-refractivity contribution < 1.29 is 9.53 Å². The summed E-state index contributed by atoms with van der Waals surface area (Å²) in [5.74, 6) is 2.37. The van der Waals surface area contributed by atoms with E-state index >= 15 is 0 Å². The standard InChI is InChI=1S/C19H30O2/c1-4-7-9-10-11-12-13-15-17-19(20)21-18(6-3)16-14-8-5-2/h3-5,18H,1-2,7-17H2. The predicted octanol–water partition coefficient (Wildman–Crippen LogP) is 5.19. The molecular formula is C19H30O2. The van der Waals surface area contributed by atoms with E-state index in [9.17, 15) is 4.79 Å². The SMILES string of the molecule is C#CC(CCCC=C)OC(=O)CCCCCCCCC=C. The van der Waals surface area contributed by atoms with Gasteiger partial charge in [0, 0.05) is 6.42 Å². The van der Waals surface area contributed by atoms with Gasteiger partial charge in [-0.3, -0.25) is 4.79 Å². The van der Waals surface area contributed by atoms with Gasteiger partial charge in [-0.05, 0) is 38.5 Å². The first-order chi connectivity index (χ1) is 10.2. The number of rotatable bonds is 14. The zero-order chi connectivity index (χ0) is 15.8. The molecule has 1 atom stereocenters. The Hall–Kier alpha value is -1.49. The Kier molecular flexibility index (Phi) is 13.9. The minimum Gasteiger partial charge on any atom is -0.449 e. The van der Waals surface area contributed by atoms with Crippen LogP contribution in [0.25, 0.3) is 0 Å². The molecule has 0 heterocycles. The first-order valence-electron chi connectivity index (χ1n) is 8.12. The van der Waals surface area contributed by atoms with E-state index in [1.165, 1.54) is 25.7 Å². The van der Waals surface area contributed by atoms with Crippen molar-refractivity contribution in [2.24, 2.45) is 0 Å². The fraction of sp³-hybridized carbons (Fsp3) is 0.632. The zero-order valence-electron chi connectivity index (χ0n) is 13.3. The second-order valence-electron chi connectivity index (χ2n) is 5.31. The number of carbonyl (C=O) groups excluding carboxylic acids is 1. The molecule has 0 amide bonds. The molecule has 2 nitrogen and oxygen atoms in total. The summed E-state index contributed by atoms with van der Waals surface area (Å²) >= 11 is 0. The molecule has 0 N–H and O–H groups in total. The monoisotopic (exact) mass is 290 g/mol. The molecule has 0 saturated heterocycles. The average Bonchev–Trinajstić information content (AvgIpc) is 2.49. The predicted molar refractivity (Wildman–Crippen MR) is 89.9 cm³/mol. The van der Waals surface area contributed by atoms with Crippen LogP contribution in [0.2, 0.25) is 0 Å². The molecule has 0 saturated carbocycles. The second-order valence-corrected chi connectivity index (χ2v) is 5.31. The maximum atomic E-state index is 11.7. The summed E-state index contributed by atoms with van der Waals surface area (Å²) in [5.41, 5.74) is 0. The number of unbranched alkanes of at least 4 members (excludes halogenated alkanes) is 7. The Balaban J connectivity index is 3.53. The third-order valence-electron chi connectivity index (χ3n) is 3.37. The van der Waals surface area contributed by atoms with Crippen molar-refractivity contribution in [3.63, 3.8) is 0 Å². The van der Waals surface area contributed by atoms with Gasteiger partial charge in [-0.15, -0.1) is 19.6 Å². The molecule has 0 bridgehead atoms. The zero-order valence-corrected chi connectivity index (χ0v) is 13.3. The highest BCUT2D eigenvalue weighted by molar-refractivity contribution is 5.69. The van der Waals surface area contributed by atoms with Crippen LogP contribution in [0.3, 0.4) is 0 Å². The van der Waals surface area contributed by atoms with Crippen molar-refractivity contribution >= 4 is 5.97 Å². The number of ether oxygens (including phenoxy) is 1. The third kappa shape index (κ3) is 13.3. The van der Waals surface area contributed by atoms with Gasteiger partial charge in [-0.1, -0.05) is 43.8 Å². The molecule has 0 aliphatic carbocycles. The number of terminal acetylenes is 1. The molecule has 0 fully saturated rings. The molecule has 21 heavy (non-hydrogen) atoms. The second kappa shape index (κ2) is 14.9. The summed E-state index contributed by atoms with van der Waals surface area (Å²) in [6.07, 6.45) is 19.8. The molecule has 0 rings (SSSR count). The van der Waals surface area contributed by atoms with E-state index in [0.29, 0.717) is 6.42 Å². The van der Waals surface area contributed by atoms with E-state index in [1.54, 1.807) is 0 Å². The Labute approximate surface area is 130 Å². The van der Waals surface area contributed by atoms with Gasteiger partial charge in [0.05, 0.1) is 0 Å². The molecular weight excluding hydrogens is 260 g/mol. The number of hydrogen-bond donors (Lipinski definition) is 0. The van der Waals surface area contributed by atoms with Gasteiger partial charge >= 0.3 is 5.97 Å². The fourth-order valence-corrected chi connectivity index (χ4v) is 2.11. The van der Waals surface area contributed by atoms with Gasteiger partial charge in [0.15, 0.2) is 6.10 Å². The van der Waals surface area contributed by atoms with Gasteiger partial charge in [-0.25, -0.2) is 0 Å². The van der Waals surface area contributed by atoms with Crippen LogP contribution in [-0.2, 0) is 9.53 Å². The Bertz CT molecular complexity index is 325. The smallest absolute Gasteiger partial charge is 0.307 e. The number of esters is 1. The molecule has 0 aliphatic heterocycles. The number of allylic oxidation sites excluding steroid dienone is 2. The fourth-order valence-electron chi connectivity index (χ4n) is 2.11. The quantitative estimate of drug-likeness (QED) is 0.190. The Morgan fingerprint density at radius 2 is 1.57 bits per heavy atom. The Morgan fingerprint density at radius 1 is 1.00 bits per heavy atom. The van der Waals surface area contributed by atoms with E-state index in [4.69, 9.17) is 11.2 Å². The van der Waals surface area contributed by atoms with Crippen LogP contribution in [0.4, 0.5) is 0 Å². The minimum absolute atomic E-state index is 0.164.